The van der Waals surface area contributed by atoms with E-state index in [-0.39, 0.29) is 6.42 Å². The normalized spacial score (nSPS) is 13.8. The molecule has 0 aliphatic heterocycles. The highest BCUT2D eigenvalue weighted by atomic mass is 19.3. The van der Waals surface area contributed by atoms with Crippen LogP contribution in [0.2, 0.25) is 0 Å². The van der Waals surface area contributed by atoms with Crippen molar-refractivity contribution in [3.05, 3.63) is 23.0 Å². The minimum atomic E-state index is -3.06. The zero-order chi connectivity index (χ0) is 10.6. The van der Waals surface area contributed by atoms with Gasteiger partial charge >= 0.3 is 0 Å². The minimum Gasteiger partial charge on any atom is -0.207 e. The molecule has 0 aromatic rings. The molecular formula is C10H15F3. The first-order chi connectivity index (χ1) is 5.79. The third kappa shape index (κ3) is 4.15. The molecule has 0 rings (SSSR count). The molecule has 0 fully saturated rings. The van der Waals surface area contributed by atoms with Gasteiger partial charge in [0.25, 0.3) is 5.92 Å². The molecule has 0 N–H and O–H groups in total. The highest BCUT2D eigenvalue weighted by Gasteiger charge is 2.28. The van der Waals surface area contributed by atoms with Gasteiger partial charge in [0.15, 0.2) is 0 Å². The molecule has 0 saturated heterocycles. The zero-order valence-corrected chi connectivity index (χ0v) is 8.42. The van der Waals surface area contributed by atoms with E-state index in [1.165, 1.54) is 6.92 Å². The van der Waals surface area contributed by atoms with Crippen molar-refractivity contribution in [2.24, 2.45) is 0 Å². The Kier molecular flexibility index (Phi) is 4.24. The molecule has 0 radical (unpaired) electrons. The Bertz CT molecular complexity index is 227. The third-order valence-corrected chi connectivity index (χ3v) is 1.59. The molecule has 0 atom stereocenters. The molecule has 0 nitrogen and oxygen atoms in total. The van der Waals surface area contributed by atoms with Crippen molar-refractivity contribution in [3.8, 4) is 0 Å². The van der Waals surface area contributed by atoms with E-state index in [0.29, 0.717) is 12.5 Å². The molecule has 0 spiro atoms. The fourth-order valence-electron chi connectivity index (χ4n) is 1.03. The van der Waals surface area contributed by atoms with Crippen molar-refractivity contribution in [1.29, 1.82) is 0 Å². The molecule has 0 unspecified atom stereocenters. The topological polar surface area (TPSA) is 0 Å². The van der Waals surface area contributed by atoms with Gasteiger partial charge in [-0.3, -0.25) is 0 Å². The Labute approximate surface area is 77.1 Å². The summed E-state index contributed by atoms with van der Waals surface area (Å²) < 4.78 is 38.7. The first kappa shape index (κ1) is 12.3. The van der Waals surface area contributed by atoms with Crippen LogP contribution in [0, 0.1) is 0 Å². The lowest BCUT2D eigenvalue weighted by Gasteiger charge is -2.13. The second kappa shape index (κ2) is 4.49. The summed E-state index contributed by atoms with van der Waals surface area (Å²) >= 11 is 0. The van der Waals surface area contributed by atoms with Crippen LogP contribution in [-0.4, -0.2) is 5.92 Å². The molecule has 0 heterocycles. The molecule has 0 bridgehead atoms. The minimum absolute atomic E-state index is 0.0269. The summed E-state index contributed by atoms with van der Waals surface area (Å²) in [7, 11) is 0. The number of rotatable bonds is 3. The summed E-state index contributed by atoms with van der Waals surface area (Å²) in [6, 6.07) is 0. The largest absolute Gasteiger partial charge is 0.269 e. The van der Waals surface area contributed by atoms with Crippen LogP contribution in [0.25, 0.3) is 0 Å². The summed E-state index contributed by atoms with van der Waals surface area (Å²) in [5, 5.41) is 0. The van der Waals surface area contributed by atoms with Gasteiger partial charge in [-0.05, 0) is 26.3 Å². The zero-order valence-electron chi connectivity index (χ0n) is 8.42. The van der Waals surface area contributed by atoms with E-state index in [0.717, 1.165) is 6.08 Å². The van der Waals surface area contributed by atoms with Gasteiger partial charge in [0.2, 0.25) is 0 Å². The van der Waals surface area contributed by atoms with Gasteiger partial charge in [0.05, 0.1) is 0 Å². The van der Waals surface area contributed by atoms with E-state index in [1.54, 1.807) is 13.8 Å². The van der Waals surface area contributed by atoms with Crippen molar-refractivity contribution in [2.75, 3.05) is 0 Å². The first-order valence-electron chi connectivity index (χ1n) is 4.20. The molecule has 76 valence electrons. The second-order valence-electron chi connectivity index (χ2n) is 3.29. The maximum Gasteiger partial charge on any atom is 0.269 e. The SMILES string of the molecule is CCC(=C(F)C=C(C)C)C(C)(F)F. The monoisotopic (exact) mass is 192 g/mol. The van der Waals surface area contributed by atoms with Gasteiger partial charge in [0, 0.05) is 12.5 Å². The number of halogens is 3. The van der Waals surface area contributed by atoms with E-state index in [2.05, 4.69) is 0 Å². The molecule has 3 heteroatoms. The number of hydrogen-bond acceptors (Lipinski definition) is 0. The summed E-state index contributed by atoms with van der Waals surface area (Å²) in [6.45, 7) is 5.57. The van der Waals surface area contributed by atoms with Crippen LogP contribution >= 0.6 is 0 Å². The van der Waals surface area contributed by atoms with E-state index in [9.17, 15) is 13.2 Å². The fraction of sp³-hybridized carbons (Fsp3) is 0.600. The quantitative estimate of drug-likeness (QED) is 0.586. The number of hydrogen-bond donors (Lipinski definition) is 0. The average Bonchev–Trinajstić information content (AvgIpc) is 1.82. The fourth-order valence-corrected chi connectivity index (χ4v) is 1.03. The van der Waals surface area contributed by atoms with Crippen molar-refractivity contribution >= 4 is 0 Å². The van der Waals surface area contributed by atoms with E-state index >= 15 is 0 Å². The van der Waals surface area contributed by atoms with E-state index < -0.39 is 17.3 Å². The van der Waals surface area contributed by atoms with Crippen LogP contribution < -0.4 is 0 Å². The Hall–Kier alpha value is -0.730. The first-order valence-corrected chi connectivity index (χ1v) is 4.20. The maximum atomic E-state index is 13.1. The Morgan fingerprint density at radius 1 is 1.31 bits per heavy atom. The third-order valence-electron chi connectivity index (χ3n) is 1.59. The highest BCUT2D eigenvalue weighted by Crippen LogP contribution is 2.30. The molecule has 0 aromatic heterocycles. The molecule has 0 aromatic carbocycles. The van der Waals surface area contributed by atoms with Crippen LogP contribution in [0.1, 0.15) is 34.1 Å². The summed E-state index contributed by atoms with van der Waals surface area (Å²) in [5.74, 6) is -3.87. The van der Waals surface area contributed by atoms with Gasteiger partial charge in [0.1, 0.15) is 5.83 Å². The van der Waals surface area contributed by atoms with E-state index in [4.69, 9.17) is 0 Å². The number of allylic oxidation sites excluding steroid dienone is 4. The van der Waals surface area contributed by atoms with Gasteiger partial charge in [-0.25, -0.2) is 13.2 Å². The van der Waals surface area contributed by atoms with Gasteiger partial charge < -0.3 is 0 Å². The average molecular weight is 192 g/mol. The van der Waals surface area contributed by atoms with Crippen LogP contribution in [0.15, 0.2) is 23.0 Å². The molecule has 0 saturated carbocycles. The van der Waals surface area contributed by atoms with Gasteiger partial charge in [-0.15, -0.1) is 0 Å². The molecule has 0 aliphatic carbocycles. The smallest absolute Gasteiger partial charge is 0.207 e. The van der Waals surface area contributed by atoms with Crippen LogP contribution in [0.5, 0.6) is 0 Å². The maximum absolute atomic E-state index is 13.1. The Morgan fingerprint density at radius 3 is 2.00 bits per heavy atom. The lowest BCUT2D eigenvalue weighted by molar-refractivity contribution is 0.0576. The van der Waals surface area contributed by atoms with Crippen molar-refractivity contribution in [2.45, 2.75) is 40.0 Å². The second-order valence-corrected chi connectivity index (χ2v) is 3.29. The summed E-state index contributed by atoms with van der Waals surface area (Å²) in [4.78, 5) is 0. The lowest BCUT2D eigenvalue weighted by atomic mass is 10.1. The Balaban J connectivity index is 5.03. The van der Waals surface area contributed by atoms with Crippen molar-refractivity contribution in [3.63, 3.8) is 0 Å². The predicted molar refractivity (Wildman–Crippen MR) is 48.5 cm³/mol. The highest BCUT2D eigenvalue weighted by molar-refractivity contribution is 5.26. The van der Waals surface area contributed by atoms with Crippen molar-refractivity contribution in [1.82, 2.24) is 0 Å². The van der Waals surface area contributed by atoms with Crippen LogP contribution in [-0.2, 0) is 0 Å². The molecule has 0 aliphatic rings. The number of alkyl halides is 2. The molecular weight excluding hydrogens is 177 g/mol. The Morgan fingerprint density at radius 2 is 1.77 bits per heavy atom. The lowest BCUT2D eigenvalue weighted by Crippen LogP contribution is -2.14. The molecule has 13 heavy (non-hydrogen) atoms. The van der Waals surface area contributed by atoms with Crippen LogP contribution in [0.4, 0.5) is 13.2 Å². The van der Waals surface area contributed by atoms with Gasteiger partial charge in [-0.2, -0.15) is 0 Å². The van der Waals surface area contributed by atoms with Crippen molar-refractivity contribution < 1.29 is 13.2 Å². The van der Waals surface area contributed by atoms with Gasteiger partial charge in [-0.1, -0.05) is 12.5 Å². The standard InChI is InChI=1S/C10H15F3/c1-5-8(10(4,12)13)9(11)6-7(2)3/h6H,5H2,1-4H3. The molecule has 0 amide bonds. The summed E-state index contributed by atoms with van der Waals surface area (Å²) in [6.07, 6.45) is 1.16. The van der Waals surface area contributed by atoms with Crippen LogP contribution in [0.3, 0.4) is 0 Å². The summed E-state index contributed by atoms with van der Waals surface area (Å²) in [5.41, 5.74) is 0.237. The predicted octanol–water partition coefficient (Wildman–Crippen LogP) is 4.24. The van der Waals surface area contributed by atoms with E-state index in [1.807, 2.05) is 0 Å².